The van der Waals surface area contributed by atoms with Crippen LogP contribution in [0, 0.1) is 6.92 Å². The number of H-pyrrole nitrogens is 1. The van der Waals surface area contributed by atoms with Crippen molar-refractivity contribution in [1.29, 1.82) is 0 Å². The molecule has 3 N–H and O–H groups in total. The van der Waals surface area contributed by atoms with E-state index < -0.39 is 5.97 Å². The third-order valence-corrected chi connectivity index (χ3v) is 7.46. The first-order chi connectivity index (χ1) is 16.4. The van der Waals surface area contributed by atoms with Crippen molar-refractivity contribution in [2.75, 3.05) is 38.6 Å². The van der Waals surface area contributed by atoms with Crippen molar-refractivity contribution in [1.82, 2.24) is 15.2 Å². The van der Waals surface area contributed by atoms with Gasteiger partial charge in [0.2, 0.25) is 5.91 Å². The molecule has 3 heterocycles. The second-order valence-corrected chi connectivity index (χ2v) is 9.49. The molecule has 9 heteroatoms. The van der Waals surface area contributed by atoms with E-state index in [0.29, 0.717) is 21.4 Å². The molecule has 1 saturated heterocycles. The first-order valence-corrected chi connectivity index (χ1v) is 12.3. The topological polar surface area (TPSA) is 104 Å². The van der Waals surface area contributed by atoms with E-state index in [1.54, 1.807) is 13.8 Å². The third kappa shape index (κ3) is 5.00. The van der Waals surface area contributed by atoms with E-state index in [-0.39, 0.29) is 30.5 Å². The van der Waals surface area contributed by atoms with Crippen LogP contribution in [0.5, 0.6) is 0 Å². The van der Waals surface area contributed by atoms with E-state index in [0.717, 1.165) is 42.8 Å². The fourth-order valence-corrected chi connectivity index (χ4v) is 5.63. The number of ether oxygens (including phenoxy) is 1. The van der Waals surface area contributed by atoms with Gasteiger partial charge in [0.05, 0.1) is 23.6 Å². The summed E-state index contributed by atoms with van der Waals surface area (Å²) in [7, 11) is 1.53. The lowest BCUT2D eigenvalue weighted by Crippen LogP contribution is -2.38. The zero-order valence-electron chi connectivity index (χ0n) is 19.7. The molecule has 34 heavy (non-hydrogen) atoms. The Hall–Kier alpha value is -3.17. The fraction of sp³-hybridized carbons (Fsp3) is 0.400. The van der Waals surface area contributed by atoms with Crippen molar-refractivity contribution in [3.8, 4) is 0 Å². The number of fused-ring (bicyclic) bond motifs is 1. The first-order valence-electron chi connectivity index (χ1n) is 11.5. The highest BCUT2D eigenvalue weighted by Gasteiger charge is 2.28. The number of aromatic nitrogens is 1. The number of para-hydroxylation sites is 1. The minimum atomic E-state index is -0.541. The lowest BCUT2D eigenvalue weighted by Gasteiger charge is -2.31. The molecular weight excluding hydrogens is 452 g/mol. The molecule has 0 bridgehead atoms. The maximum atomic E-state index is 12.8. The summed E-state index contributed by atoms with van der Waals surface area (Å²) in [4.78, 5) is 43.6. The zero-order valence-corrected chi connectivity index (χ0v) is 20.5. The van der Waals surface area contributed by atoms with Gasteiger partial charge in [-0.15, -0.1) is 11.3 Å². The maximum absolute atomic E-state index is 12.8. The number of carbonyl (C=O) groups is 3. The molecule has 8 nitrogen and oxygen atoms in total. The number of anilines is 1. The van der Waals surface area contributed by atoms with Crippen LogP contribution < -0.4 is 10.6 Å². The number of hydrogen-bond acceptors (Lipinski definition) is 6. The third-order valence-electron chi connectivity index (χ3n) is 6.26. The molecule has 2 aromatic heterocycles. The van der Waals surface area contributed by atoms with Gasteiger partial charge in [-0.2, -0.15) is 0 Å². The zero-order chi connectivity index (χ0) is 24.2. The van der Waals surface area contributed by atoms with Gasteiger partial charge in [-0.1, -0.05) is 18.2 Å². The number of piperidine rings is 1. The normalized spacial score (nSPS) is 14.8. The fourth-order valence-electron chi connectivity index (χ4n) is 4.47. The molecule has 3 aromatic rings. The number of carbonyl (C=O) groups excluding carboxylic acids is 3. The van der Waals surface area contributed by atoms with Crippen LogP contribution in [0.15, 0.2) is 30.3 Å². The highest BCUT2D eigenvalue weighted by Crippen LogP contribution is 2.34. The van der Waals surface area contributed by atoms with Crippen LogP contribution in [0.2, 0.25) is 0 Å². The van der Waals surface area contributed by atoms with Gasteiger partial charge in [-0.05, 0) is 62.9 Å². The summed E-state index contributed by atoms with van der Waals surface area (Å²) in [5.74, 6) is -0.607. The lowest BCUT2D eigenvalue weighted by atomic mass is 9.93. The second kappa shape index (κ2) is 10.4. The number of rotatable bonds is 7. The van der Waals surface area contributed by atoms with Crippen LogP contribution in [0.3, 0.4) is 0 Å². The number of amides is 2. The Morgan fingerprint density at radius 2 is 1.94 bits per heavy atom. The lowest BCUT2D eigenvalue weighted by molar-refractivity contribution is -0.117. The SMILES string of the molecule is CCOC(=O)c1c(NC(=O)CN2CCC(c3cc4ccccc4[nH]3)CC2)sc(C(=O)NC)c1C. The standard InChI is InChI=1S/C25H30N4O4S/c1-4-33-25(32)21-15(2)22(23(31)26-3)34-24(21)28-20(30)14-29-11-9-16(10-12-29)19-13-17-7-5-6-8-18(17)27-19/h5-8,13,16,27H,4,9-12,14H2,1-3H3,(H,26,31)(H,28,30). The van der Waals surface area contributed by atoms with E-state index in [1.807, 2.05) is 12.1 Å². The monoisotopic (exact) mass is 482 g/mol. The molecule has 0 radical (unpaired) electrons. The summed E-state index contributed by atoms with van der Waals surface area (Å²) >= 11 is 1.10. The van der Waals surface area contributed by atoms with Gasteiger partial charge in [0.1, 0.15) is 5.00 Å². The molecule has 0 spiro atoms. The molecular formula is C25H30N4O4S. The minimum absolute atomic E-state index is 0.209. The predicted molar refractivity (Wildman–Crippen MR) is 134 cm³/mol. The van der Waals surface area contributed by atoms with Gasteiger partial charge in [0.15, 0.2) is 0 Å². The van der Waals surface area contributed by atoms with Crippen LogP contribution in [-0.4, -0.2) is 61.0 Å². The summed E-state index contributed by atoms with van der Waals surface area (Å²) in [5, 5.41) is 7.00. The van der Waals surface area contributed by atoms with Crippen molar-refractivity contribution >= 4 is 45.0 Å². The summed E-state index contributed by atoms with van der Waals surface area (Å²) < 4.78 is 5.15. The predicted octanol–water partition coefficient (Wildman–Crippen LogP) is 3.89. The Morgan fingerprint density at radius 3 is 2.62 bits per heavy atom. The van der Waals surface area contributed by atoms with Crippen LogP contribution in [0.1, 0.15) is 57.0 Å². The number of nitrogens with zero attached hydrogens (tertiary/aromatic N) is 1. The summed E-state index contributed by atoms with van der Waals surface area (Å²) in [6.45, 7) is 5.47. The highest BCUT2D eigenvalue weighted by atomic mass is 32.1. The van der Waals surface area contributed by atoms with Gasteiger partial charge in [0, 0.05) is 24.2 Å². The Morgan fingerprint density at radius 1 is 1.21 bits per heavy atom. The summed E-state index contributed by atoms with van der Waals surface area (Å²) in [6, 6.07) is 10.5. The average Bonchev–Trinajstić information content (AvgIpc) is 3.40. The van der Waals surface area contributed by atoms with E-state index >= 15 is 0 Å². The van der Waals surface area contributed by atoms with E-state index in [2.05, 4.69) is 38.7 Å². The molecule has 1 aliphatic heterocycles. The van der Waals surface area contributed by atoms with Crippen molar-refractivity contribution in [2.24, 2.45) is 0 Å². The van der Waals surface area contributed by atoms with E-state index in [4.69, 9.17) is 4.74 Å². The number of benzene rings is 1. The van der Waals surface area contributed by atoms with Gasteiger partial charge in [-0.25, -0.2) is 4.79 Å². The molecule has 1 aromatic carbocycles. The van der Waals surface area contributed by atoms with Crippen molar-refractivity contribution in [3.05, 3.63) is 52.0 Å². The minimum Gasteiger partial charge on any atom is -0.462 e. The van der Waals surface area contributed by atoms with Crippen LogP contribution in [0.4, 0.5) is 5.00 Å². The number of likely N-dealkylation sites (tertiary alicyclic amines) is 1. The van der Waals surface area contributed by atoms with E-state index in [1.165, 1.54) is 18.1 Å². The molecule has 0 unspecified atom stereocenters. The molecule has 4 rings (SSSR count). The van der Waals surface area contributed by atoms with Crippen LogP contribution in [-0.2, 0) is 9.53 Å². The van der Waals surface area contributed by atoms with Crippen molar-refractivity contribution in [2.45, 2.75) is 32.6 Å². The molecule has 0 aliphatic carbocycles. The Balaban J connectivity index is 1.39. The van der Waals surface area contributed by atoms with Crippen LogP contribution in [0.25, 0.3) is 10.9 Å². The highest BCUT2D eigenvalue weighted by molar-refractivity contribution is 7.18. The number of hydrogen-bond donors (Lipinski definition) is 3. The Labute approximate surface area is 202 Å². The summed E-state index contributed by atoms with van der Waals surface area (Å²) in [5.41, 5.74) is 3.16. The smallest absolute Gasteiger partial charge is 0.341 e. The molecule has 2 amide bonds. The van der Waals surface area contributed by atoms with E-state index in [9.17, 15) is 14.4 Å². The first kappa shape index (κ1) is 24.0. The van der Waals surface area contributed by atoms with Gasteiger partial charge in [-0.3, -0.25) is 14.5 Å². The van der Waals surface area contributed by atoms with Gasteiger partial charge < -0.3 is 20.4 Å². The number of thiophene rings is 1. The van der Waals surface area contributed by atoms with Crippen LogP contribution >= 0.6 is 11.3 Å². The molecule has 0 atom stereocenters. The molecule has 180 valence electrons. The van der Waals surface area contributed by atoms with Crippen molar-refractivity contribution < 1.29 is 19.1 Å². The average molecular weight is 483 g/mol. The largest absolute Gasteiger partial charge is 0.462 e. The maximum Gasteiger partial charge on any atom is 0.341 e. The summed E-state index contributed by atoms with van der Waals surface area (Å²) in [6.07, 6.45) is 1.93. The number of esters is 1. The quantitative estimate of drug-likeness (QED) is 0.443. The number of nitrogens with one attached hydrogen (secondary N) is 3. The Bertz CT molecular complexity index is 1170. The molecule has 0 saturated carbocycles. The van der Waals surface area contributed by atoms with Gasteiger partial charge >= 0.3 is 5.97 Å². The molecule has 1 fully saturated rings. The number of aromatic amines is 1. The van der Waals surface area contributed by atoms with Crippen molar-refractivity contribution in [3.63, 3.8) is 0 Å². The molecule has 1 aliphatic rings. The Kier molecular flexibility index (Phi) is 7.33. The second-order valence-electron chi connectivity index (χ2n) is 8.47. The van der Waals surface area contributed by atoms with Gasteiger partial charge in [0.25, 0.3) is 5.91 Å².